The lowest BCUT2D eigenvalue weighted by molar-refractivity contribution is -0.276. The Morgan fingerprint density at radius 2 is 1.23 bits per heavy atom. The van der Waals surface area contributed by atoms with Crippen molar-refractivity contribution in [1.82, 2.24) is 9.80 Å². The number of piperazine rings is 1. The van der Waals surface area contributed by atoms with E-state index < -0.39 is 6.29 Å². The number of hydrogen-bond acceptors (Lipinski definition) is 7. The molecule has 5 aromatic rings. The normalized spacial score (nSPS) is 21.0. The van der Waals surface area contributed by atoms with E-state index in [9.17, 15) is 9.90 Å². The summed E-state index contributed by atoms with van der Waals surface area (Å²) in [6, 6.07) is 42.7. The molecular weight excluding hydrogens is 652 g/mol. The Bertz CT molecular complexity index is 1850. The van der Waals surface area contributed by atoms with E-state index in [1.165, 1.54) is 5.56 Å². The van der Waals surface area contributed by atoms with Gasteiger partial charge in [-0.05, 0) is 65.2 Å². The van der Waals surface area contributed by atoms with E-state index >= 15 is 0 Å². The topological polar surface area (TPSA) is 95.5 Å². The molecule has 0 radical (unpaired) electrons. The van der Waals surface area contributed by atoms with Crippen LogP contribution in [0.1, 0.15) is 41.6 Å². The number of hydrogen-bond donors (Lipinski definition) is 3. The largest absolute Gasteiger partial charge is 0.457 e. The lowest BCUT2D eigenvalue weighted by atomic mass is 9.90. The number of amides is 2. The minimum atomic E-state index is -0.581. The smallest absolute Gasteiger partial charge is 0.323 e. The highest BCUT2D eigenvalue weighted by Gasteiger charge is 2.39. The Hall–Kier alpha value is -5.03. The molecule has 7 rings (SSSR count). The number of benzene rings is 5. The second kappa shape index (κ2) is 17.0. The Morgan fingerprint density at radius 1 is 0.673 bits per heavy atom. The average Bonchev–Trinajstić information content (AvgIpc) is 3.18. The fourth-order valence-electron chi connectivity index (χ4n) is 6.80. The highest BCUT2D eigenvalue weighted by molar-refractivity contribution is 5.99. The molecule has 52 heavy (non-hydrogen) atoms. The number of nitrogens with zero attached hydrogens (tertiary/aromatic N) is 2. The zero-order valence-electron chi connectivity index (χ0n) is 29.4. The highest BCUT2D eigenvalue weighted by atomic mass is 16.7. The van der Waals surface area contributed by atoms with E-state index in [4.69, 9.17) is 14.2 Å². The van der Waals surface area contributed by atoms with Gasteiger partial charge in [0.25, 0.3) is 0 Å². The van der Waals surface area contributed by atoms with E-state index in [2.05, 4.69) is 57.7 Å². The molecular formula is C43H46N4O5. The molecule has 0 aliphatic carbocycles. The van der Waals surface area contributed by atoms with Gasteiger partial charge in [-0.1, -0.05) is 91.9 Å². The van der Waals surface area contributed by atoms with Crippen LogP contribution < -0.4 is 15.4 Å². The molecule has 0 spiro atoms. The summed E-state index contributed by atoms with van der Waals surface area (Å²) >= 11 is 0. The lowest BCUT2D eigenvalue weighted by Crippen LogP contribution is -2.51. The number of rotatable bonds is 11. The van der Waals surface area contributed by atoms with Gasteiger partial charge in [0.2, 0.25) is 0 Å². The first-order chi connectivity index (χ1) is 25.5. The van der Waals surface area contributed by atoms with Gasteiger partial charge in [0.15, 0.2) is 6.29 Å². The Kier molecular flexibility index (Phi) is 11.6. The zero-order chi connectivity index (χ0) is 35.7. The summed E-state index contributed by atoms with van der Waals surface area (Å²) < 4.78 is 19.2. The molecule has 0 unspecified atom stereocenters. The van der Waals surface area contributed by atoms with Gasteiger partial charge in [-0.25, -0.2) is 4.79 Å². The van der Waals surface area contributed by atoms with Crippen molar-refractivity contribution in [3.05, 3.63) is 156 Å². The number of para-hydroxylation sites is 1. The molecule has 0 saturated carbocycles. The number of aliphatic hydroxyl groups is 1. The van der Waals surface area contributed by atoms with Crippen LogP contribution in [-0.4, -0.2) is 59.8 Å². The van der Waals surface area contributed by atoms with E-state index in [0.29, 0.717) is 17.1 Å². The number of carbonyl (C=O) groups is 1. The third-order valence-electron chi connectivity index (χ3n) is 9.81. The molecule has 2 fully saturated rings. The van der Waals surface area contributed by atoms with Crippen LogP contribution in [0.5, 0.6) is 11.5 Å². The molecule has 5 aromatic carbocycles. The van der Waals surface area contributed by atoms with Gasteiger partial charge in [-0.2, -0.15) is 0 Å². The van der Waals surface area contributed by atoms with Crippen LogP contribution in [0.2, 0.25) is 0 Å². The van der Waals surface area contributed by atoms with Crippen molar-refractivity contribution in [3.63, 3.8) is 0 Å². The van der Waals surface area contributed by atoms with Crippen LogP contribution in [0.25, 0.3) is 0 Å². The number of nitrogens with one attached hydrogen (secondary N) is 2. The van der Waals surface area contributed by atoms with Crippen molar-refractivity contribution in [2.75, 3.05) is 43.4 Å². The maximum atomic E-state index is 12.8. The van der Waals surface area contributed by atoms with Crippen molar-refractivity contribution in [3.8, 4) is 11.5 Å². The average molecular weight is 699 g/mol. The minimum absolute atomic E-state index is 0.000368. The SMILES string of the molecule is C[C@@H]1[C@H](CN2CCN(Cc3ccccc3)CC2)O[C@H](c2ccc(NC(=O)Nc3ccc(Oc4ccccc4)cc3)cc2)O[C@@H]1c1ccc(CO)cc1. The van der Waals surface area contributed by atoms with E-state index in [-0.39, 0.29) is 30.8 Å². The molecule has 9 nitrogen and oxygen atoms in total. The van der Waals surface area contributed by atoms with Crippen LogP contribution >= 0.6 is 0 Å². The van der Waals surface area contributed by atoms with Gasteiger partial charge in [-0.15, -0.1) is 0 Å². The summed E-state index contributed by atoms with van der Waals surface area (Å²) in [5.41, 5.74) is 5.44. The summed E-state index contributed by atoms with van der Waals surface area (Å²) in [5.74, 6) is 1.53. The fraction of sp³-hybridized carbons (Fsp3) is 0.279. The van der Waals surface area contributed by atoms with E-state index in [1.807, 2.05) is 91.0 Å². The highest BCUT2D eigenvalue weighted by Crippen LogP contribution is 2.42. The quantitative estimate of drug-likeness (QED) is 0.128. The van der Waals surface area contributed by atoms with Gasteiger partial charge in [0.1, 0.15) is 11.5 Å². The number of anilines is 2. The van der Waals surface area contributed by atoms with Gasteiger partial charge < -0.3 is 30.0 Å². The summed E-state index contributed by atoms with van der Waals surface area (Å²) in [7, 11) is 0. The van der Waals surface area contributed by atoms with E-state index in [1.54, 1.807) is 12.1 Å². The Balaban J connectivity index is 0.979. The Labute approximate surface area is 305 Å². The van der Waals surface area contributed by atoms with Crippen molar-refractivity contribution in [2.45, 2.75) is 38.6 Å². The van der Waals surface area contributed by atoms with Crippen molar-refractivity contribution >= 4 is 17.4 Å². The molecule has 0 aromatic heterocycles. The zero-order valence-corrected chi connectivity index (χ0v) is 29.4. The van der Waals surface area contributed by atoms with Crippen LogP contribution in [-0.2, 0) is 22.6 Å². The predicted octanol–water partition coefficient (Wildman–Crippen LogP) is 8.22. The summed E-state index contributed by atoms with van der Waals surface area (Å²) in [5, 5.41) is 15.4. The van der Waals surface area contributed by atoms with Crippen LogP contribution in [0.4, 0.5) is 16.2 Å². The number of carbonyl (C=O) groups excluding carboxylic acids is 1. The predicted molar refractivity (Wildman–Crippen MR) is 203 cm³/mol. The molecule has 2 saturated heterocycles. The molecule has 268 valence electrons. The van der Waals surface area contributed by atoms with Crippen LogP contribution in [0, 0.1) is 5.92 Å². The minimum Gasteiger partial charge on any atom is -0.457 e. The molecule has 3 N–H and O–H groups in total. The number of ether oxygens (including phenoxy) is 3. The third-order valence-corrected chi connectivity index (χ3v) is 9.81. The van der Waals surface area contributed by atoms with Crippen molar-refractivity contribution in [1.29, 1.82) is 0 Å². The maximum Gasteiger partial charge on any atom is 0.323 e. The molecule has 2 amide bonds. The monoisotopic (exact) mass is 698 g/mol. The molecule has 2 heterocycles. The van der Waals surface area contributed by atoms with Gasteiger partial charge in [0.05, 0.1) is 18.8 Å². The van der Waals surface area contributed by atoms with Crippen LogP contribution in [0.3, 0.4) is 0 Å². The first kappa shape index (κ1) is 35.4. The van der Waals surface area contributed by atoms with Crippen molar-refractivity contribution in [2.24, 2.45) is 5.92 Å². The first-order valence-corrected chi connectivity index (χ1v) is 18.0. The van der Waals surface area contributed by atoms with Crippen molar-refractivity contribution < 1.29 is 24.1 Å². The van der Waals surface area contributed by atoms with Gasteiger partial charge in [0, 0.05) is 62.1 Å². The first-order valence-electron chi connectivity index (χ1n) is 18.0. The molecule has 0 bridgehead atoms. The molecule has 2 aliphatic rings. The van der Waals surface area contributed by atoms with E-state index in [0.717, 1.165) is 61.7 Å². The standard InChI is InChI=1S/C43H46N4O5/c1-31-40(29-47-26-24-46(25-27-47)28-32-8-4-2-5-9-32)51-42(52-41(31)34-14-12-33(30-48)13-15-34)35-16-18-36(19-17-35)44-43(49)45-37-20-22-39(23-21-37)50-38-10-6-3-7-11-38/h2-23,31,40-42,48H,24-30H2,1H3,(H2,44,45,49)/t31-,40+,41+,42+/m1/s1. The summed E-state index contributed by atoms with van der Waals surface area (Å²) in [6.45, 7) is 7.97. The molecule has 2 aliphatic heterocycles. The summed E-state index contributed by atoms with van der Waals surface area (Å²) in [4.78, 5) is 17.9. The second-order valence-electron chi connectivity index (χ2n) is 13.5. The lowest BCUT2D eigenvalue weighted by Gasteiger charge is -2.44. The number of aliphatic hydroxyl groups excluding tert-OH is 1. The number of urea groups is 1. The molecule has 4 atom stereocenters. The van der Waals surface area contributed by atoms with Gasteiger partial charge >= 0.3 is 6.03 Å². The second-order valence-corrected chi connectivity index (χ2v) is 13.5. The maximum absolute atomic E-state index is 12.8. The molecule has 9 heteroatoms. The third kappa shape index (κ3) is 9.25. The van der Waals surface area contributed by atoms with Crippen LogP contribution in [0.15, 0.2) is 133 Å². The fourth-order valence-corrected chi connectivity index (χ4v) is 6.80. The van der Waals surface area contributed by atoms with Gasteiger partial charge in [-0.3, -0.25) is 9.80 Å². The summed E-state index contributed by atoms with van der Waals surface area (Å²) in [6.07, 6.45) is -0.832. The Morgan fingerprint density at radius 3 is 1.87 bits per heavy atom.